The van der Waals surface area contributed by atoms with E-state index in [1.807, 2.05) is 11.3 Å². The summed E-state index contributed by atoms with van der Waals surface area (Å²) >= 11 is 5.46. The van der Waals surface area contributed by atoms with Crippen molar-refractivity contribution in [1.82, 2.24) is 9.88 Å². The predicted octanol–water partition coefficient (Wildman–Crippen LogP) is 5.13. The summed E-state index contributed by atoms with van der Waals surface area (Å²) in [7, 11) is 0. The first-order valence-electron chi connectivity index (χ1n) is 7.91. The van der Waals surface area contributed by atoms with E-state index >= 15 is 0 Å². The Bertz CT molecular complexity index is 587. The number of hydrogen-bond acceptors (Lipinski definition) is 2. The molecule has 2 heterocycles. The fraction of sp³-hybridized carbons (Fsp3) is 0.529. The van der Waals surface area contributed by atoms with Gasteiger partial charge in [-0.05, 0) is 70.7 Å². The van der Waals surface area contributed by atoms with Crippen molar-refractivity contribution in [2.24, 2.45) is 0 Å². The lowest BCUT2D eigenvalue weighted by atomic mass is 10.0. The molecule has 2 aromatic rings. The molecule has 1 atom stereocenters. The molecule has 0 aromatic carbocycles. The fourth-order valence-corrected chi connectivity index (χ4v) is 4.63. The number of aromatic nitrogens is 1. The van der Waals surface area contributed by atoms with Crippen LogP contribution in [0, 0.1) is 0 Å². The van der Waals surface area contributed by atoms with Crippen molar-refractivity contribution in [2.75, 3.05) is 6.54 Å². The van der Waals surface area contributed by atoms with E-state index in [1.165, 1.54) is 47.0 Å². The van der Waals surface area contributed by atoms with Gasteiger partial charge in [-0.25, -0.2) is 0 Å². The molecule has 2 aromatic heterocycles. The van der Waals surface area contributed by atoms with E-state index in [0.717, 1.165) is 13.1 Å². The third kappa shape index (κ3) is 3.61. The molecule has 21 heavy (non-hydrogen) atoms. The summed E-state index contributed by atoms with van der Waals surface area (Å²) in [6.45, 7) is 4.33. The average Bonchev–Trinajstić information content (AvgIpc) is 3.01. The van der Waals surface area contributed by atoms with Gasteiger partial charge in [0.1, 0.15) is 0 Å². The molecule has 1 unspecified atom stereocenters. The van der Waals surface area contributed by atoms with Gasteiger partial charge >= 0.3 is 0 Å². The number of rotatable bonds is 5. The maximum Gasteiger partial charge on any atom is 0.0575 e. The summed E-state index contributed by atoms with van der Waals surface area (Å²) in [5, 5.41) is 5.88. The van der Waals surface area contributed by atoms with E-state index in [-0.39, 0.29) is 0 Å². The van der Waals surface area contributed by atoms with E-state index in [4.69, 9.17) is 0 Å². The number of hydrogen-bond donors (Lipinski definition) is 1. The van der Waals surface area contributed by atoms with Crippen molar-refractivity contribution >= 4 is 27.3 Å². The van der Waals surface area contributed by atoms with E-state index < -0.39 is 0 Å². The minimum Gasteiger partial charge on any atom is -0.348 e. The van der Waals surface area contributed by atoms with Gasteiger partial charge in [0.25, 0.3) is 0 Å². The molecule has 1 N–H and O–H groups in total. The second-order valence-electron chi connectivity index (χ2n) is 5.86. The van der Waals surface area contributed by atoms with E-state index in [9.17, 15) is 0 Å². The van der Waals surface area contributed by atoms with Crippen LogP contribution in [-0.4, -0.2) is 11.1 Å². The van der Waals surface area contributed by atoms with Crippen molar-refractivity contribution in [3.05, 3.63) is 44.3 Å². The fourth-order valence-electron chi connectivity index (χ4n) is 3.14. The largest absolute Gasteiger partial charge is 0.348 e. The summed E-state index contributed by atoms with van der Waals surface area (Å²) in [5.41, 5.74) is 3.09. The van der Waals surface area contributed by atoms with Crippen LogP contribution in [-0.2, 0) is 13.0 Å². The molecule has 0 radical (unpaired) electrons. The monoisotopic (exact) mass is 366 g/mol. The van der Waals surface area contributed by atoms with Gasteiger partial charge in [0, 0.05) is 27.8 Å². The quantitative estimate of drug-likeness (QED) is 0.725. The number of nitrogens with one attached hydrogen (secondary N) is 1. The number of fused-ring (bicyclic) bond motifs is 1. The maximum absolute atomic E-state index is 3.73. The van der Waals surface area contributed by atoms with Crippen LogP contribution in [0.3, 0.4) is 0 Å². The summed E-state index contributed by atoms with van der Waals surface area (Å²) in [6.07, 6.45) is 11.1. The number of nitrogens with zero attached hydrogens (tertiary/aromatic N) is 1. The van der Waals surface area contributed by atoms with Crippen LogP contribution in [0.5, 0.6) is 0 Å². The predicted molar refractivity (Wildman–Crippen MR) is 94.1 cm³/mol. The lowest BCUT2D eigenvalue weighted by Gasteiger charge is -2.16. The van der Waals surface area contributed by atoms with E-state index in [1.54, 1.807) is 5.56 Å². The molecule has 0 fully saturated rings. The van der Waals surface area contributed by atoms with Crippen molar-refractivity contribution in [3.8, 4) is 0 Å². The molecule has 0 saturated heterocycles. The van der Waals surface area contributed by atoms with E-state index in [0.29, 0.717) is 6.04 Å². The molecule has 0 bridgehead atoms. The Labute approximate surface area is 139 Å². The smallest absolute Gasteiger partial charge is 0.0575 e. The molecule has 0 amide bonds. The molecule has 1 aliphatic rings. The second-order valence-corrected chi connectivity index (χ2v) is 7.71. The van der Waals surface area contributed by atoms with Crippen LogP contribution in [0.2, 0.25) is 0 Å². The zero-order valence-corrected chi connectivity index (χ0v) is 15.0. The Hall–Kier alpha value is -0.580. The van der Waals surface area contributed by atoms with Gasteiger partial charge in [-0.2, -0.15) is 0 Å². The van der Waals surface area contributed by atoms with Crippen molar-refractivity contribution < 1.29 is 0 Å². The molecular formula is C17H23BrN2S. The van der Waals surface area contributed by atoms with Crippen LogP contribution in [0.4, 0.5) is 0 Å². The van der Waals surface area contributed by atoms with Crippen LogP contribution in [0.1, 0.15) is 54.7 Å². The average molecular weight is 367 g/mol. The normalized spacial score (nSPS) is 18.5. The third-order valence-corrected chi connectivity index (χ3v) is 6.13. The van der Waals surface area contributed by atoms with E-state index in [2.05, 4.69) is 56.6 Å². The standard InChI is InChI=1S/C17H23BrN2S/c1-2-8-19-16-6-4-3-5-13-10-20(11-14(13)16)12-17-15(18)7-9-21-17/h7,9-11,16,19H,2-6,8,12H2,1H3. The Morgan fingerprint density at radius 2 is 2.29 bits per heavy atom. The molecule has 114 valence electrons. The number of halogens is 1. The van der Waals surface area contributed by atoms with Crippen LogP contribution in [0.25, 0.3) is 0 Å². The van der Waals surface area contributed by atoms with Gasteiger partial charge in [-0.1, -0.05) is 13.3 Å². The molecular weight excluding hydrogens is 344 g/mol. The third-order valence-electron chi connectivity index (χ3n) is 4.22. The molecule has 1 aliphatic carbocycles. The first-order chi connectivity index (χ1) is 10.3. The van der Waals surface area contributed by atoms with Crippen molar-refractivity contribution in [3.63, 3.8) is 0 Å². The van der Waals surface area contributed by atoms with Crippen molar-refractivity contribution in [1.29, 1.82) is 0 Å². The molecule has 3 rings (SSSR count). The van der Waals surface area contributed by atoms with Gasteiger partial charge in [0.15, 0.2) is 0 Å². The topological polar surface area (TPSA) is 17.0 Å². The summed E-state index contributed by atoms with van der Waals surface area (Å²) in [4.78, 5) is 1.40. The first kappa shape index (κ1) is 15.3. The number of aryl methyl sites for hydroxylation is 1. The summed E-state index contributed by atoms with van der Waals surface area (Å²) < 4.78 is 3.60. The highest BCUT2D eigenvalue weighted by molar-refractivity contribution is 9.10. The highest BCUT2D eigenvalue weighted by Crippen LogP contribution is 2.31. The van der Waals surface area contributed by atoms with Crippen LogP contribution < -0.4 is 5.32 Å². The van der Waals surface area contributed by atoms with Crippen LogP contribution in [0.15, 0.2) is 28.3 Å². The van der Waals surface area contributed by atoms with Gasteiger partial charge < -0.3 is 9.88 Å². The molecule has 0 spiro atoms. The Balaban J connectivity index is 1.81. The zero-order chi connectivity index (χ0) is 14.7. The summed E-state index contributed by atoms with van der Waals surface area (Å²) in [6, 6.07) is 2.69. The lowest BCUT2D eigenvalue weighted by molar-refractivity contribution is 0.488. The Morgan fingerprint density at radius 1 is 1.38 bits per heavy atom. The van der Waals surface area contributed by atoms with Gasteiger partial charge in [0.05, 0.1) is 6.54 Å². The molecule has 4 heteroatoms. The SMILES string of the molecule is CCCNC1CCCCc2cn(Cc3sccc3Br)cc21. The highest BCUT2D eigenvalue weighted by atomic mass is 79.9. The minimum absolute atomic E-state index is 0.551. The lowest BCUT2D eigenvalue weighted by Crippen LogP contribution is -2.21. The molecule has 2 nitrogen and oxygen atoms in total. The van der Waals surface area contributed by atoms with Crippen LogP contribution >= 0.6 is 27.3 Å². The highest BCUT2D eigenvalue weighted by Gasteiger charge is 2.20. The van der Waals surface area contributed by atoms with Gasteiger partial charge in [0.2, 0.25) is 0 Å². The van der Waals surface area contributed by atoms with Gasteiger partial charge in [-0.15, -0.1) is 11.3 Å². The number of thiophene rings is 1. The molecule has 0 aliphatic heterocycles. The zero-order valence-electron chi connectivity index (χ0n) is 12.6. The molecule has 0 saturated carbocycles. The van der Waals surface area contributed by atoms with Crippen molar-refractivity contribution in [2.45, 2.75) is 51.6 Å². The summed E-state index contributed by atoms with van der Waals surface area (Å²) in [5.74, 6) is 0. The minimum atomic E-state index is 0.551. The van der Waals surface area contributed by atoms with Gasteiger partial charge in [-0.3, -0.25) is 0 Å². The Kier molecular flexibility index (Phi) is 5.19. The Morgan fingerprint density at radius 3 is 3.05 bits per heavy atom. The maximum atomic E-state index is 3.73. The second kappa shape index (κ2) is 7.12. The first-order valence-corrected chi connectivity index (χ1v) is 9.59.